The first-order valence-electron chi connectivity index (χ1n) is 10.7. The molecule has 0 radical (unpaired) electrons. The van der Waals surface area contributed by atoms with E-state index in [-0.39, 0.29) is 24.6 Å². The molecule has 0 saturated carbocycles. The highest BCUT2D eigenvalue weighted by Crippen LogP contribution is 2.29. The Bertz CT molecular complexity index is 1280. The summed E-state index contributed by atoms with van der Waals surface area (Å²) >= 11 is 0. The lowest BCUT2D eigenvalue weighted by molar-refractivity contribution is -0.137. The van der Waals surface area contributed by atoms with Crippen LogP contribution in [0.15, 0.2) is 89.6 Å². The van der Waals surface area contributed by atoms with Crippen LogP contribution in [0.3, 0.4) is 0 Å². The van der Waals surface area contributed by atoms with Crippen LogP contribution in [0.1, 0.15) is 17.5 Å². The normalized spacial score (nSPS) is 14.9. The second kappa shape index (κ2) is 10.5. The zero-order valence-corrected chi connectivity index (χ0v) is 19.3. The van der Waals surface area contributed by atoms with Crippen LogP contribution in [0.4, 0.5) is 24.7 Å². The summed E-state index contributed by atoms with van der Waals surface area (Å²) in [6.07, 6.45) is -1.07. The molecule has 2 heterocycles. The van der Waals surface area contributed by atoms with Gasteiger partial charge in [-0.05, 0) is 48.0 Å². The van der Waals surface area contributed by atoms with E-state index < -0.39 is 21.8 Å². The number of pyridine rings is 1. The smallest absolute Gasteiger partial charge is 0.340 e. The molecule has 1 aliphatic rings. The lowest BCUT2D eigenvalue weighted by Crippen LogP contribution is -2.36. The molecule has 1 aromatic heterocycles. The van der Waals surface area contributed by atoms with Gasteiger partial charge >= 0.3 is 6.18 Å². The molecule has 184 valence electrons. The summed E-state index contributed by atoms with van der Waals surface area (Å²) in [4.78, 5) is 9.61. The van der Waals surface area contributed by atoms with Crippen LogP contribution in [0, 0.1) is 0 Å². The maximum absolute atomic E-state index is 13.0. The molecule has 0 amide bonds. The van der Waals surface area contributed by atoms with E-state index in [1.807, 2.05) is 30.3 Å². The van der Waals surface area contributed by atoms with E-state index in [0.29, 0.717) is 23.5 Å². The first-order chi connectivity index (χ1) is 16.7. The molecular formula is C24H23F3N4O3S. The lowest BCUT2D eigenvalue weighted by atomic mass is 10.1. The maximum Gasteiger partial charge on any atom is 0.416 e. The zero-order chi connectivity index (χ0) is 24.9. The van der Waals surface area contributed by atoms with Gasteiger partial charge in [-0.1, -0.05) is 30.3 Å². The Morgan fingerprint density at radius 3 is 2.49 bits per heavy atom. The van der Waals surface area contributed by atoms with Gasteiger partial charge in [0.15, 0.2) is 0 Å². The summed E-state index contributed by atoms with van der Waals surface area (Å²) < 4.78 is 65.7. The molecule has 7 nitrogen and oxygen atoms in total. The largest absolute Gasteiger partial charge is 0.416 e. The van der Waals surface area contributed by atoms with Crippen LogP contribution in [-0.4, -0.2) is 30.8 Å². The molecule has 0 fully saturated rings. The monoisotopic (exact) mass is 504 g/mol. The molecule has 2 aromatic carbocycles. The maximum atomic E-state index is 13.0. The fraction of sp³-hybridized carbons (Fsp3) is 0.208. The number of aromatic nitrogens is 1. The first-order valence-corrected chi connectivity index (χ1v) is 12.2. The number of rotatable bonds is 8. The fourth-order valence-corrected chi connectivity index (χ4v) is 4.76. The van der Waals surface area contributed by atoms with Crippen molar-refractivity contribution in [1.82, 2.24) is 14.8 Å². The highest BCUT2D eigenvalue weighted by Gasteiger charge is 2.30. The van der Waals surface area contributed by atoms with Gasteiger partial charge in [-0.3, -0.25) is 10.3 Å². The molecule has 3 aromatic rings. The minimum atomic E-state index is -4.42. The van der Waals surface area contributed by atoms with Crippen molar-refractivity contribution in [2.45, 2.75) is 24.1 Å². The molecule has 2 N–H and O–H groups in total. The van der Waals surface area contributed by atoms with E-state index >= 15 is 0 Å². The summed E-state index contributed by atoms with van der Waals surface area (Å²) in [5, 5.41) is 3.10. The van der Waals surface area contributed by atoms with Crippen LogP contribution in [0.25, 0.3) is 0 Å². The number of sulfonamides is 1. The number of nitrogens with one attached hydrogen (secondary N) is 2. The quantitative estimate of drug-likeness (QED) is 0.427. The molecule has 0 atom stereocenters. The molecule has 0 unspecified atom stereocenters. The van der Waals surface area contributed by atoms with Crippen LogP contribution in [0.5, 0.6) is 0 Å². The second-order valence-electron chi connectivity index (χ2n) is 7.80. The van der Waals surface area contributed by atoms with E-state index in [1.165, 1.54) is 28.7 Å². The third-order valence-corrected chi connectivity index (χ3v) is 7.14. The van der Waals surface area contributed by atoms with Gasteiger partial charge in [-0.25, -0.2) is 13.4 Å². The van der Waals surface area contributed by atoms with Crippen molar-refractivity contribution in [2.24, 2.45) is 0 Å². The summed E-state index contributed by atoms with van der Waals surface area (Å²) in [5.74, 6) is 0.526. The standard InChI is InChI=1S/C24H23F3N4O3S/c25-24(26,27)19-6-4-5-18(15-19)17-34-30-21-11-13-31(14-12-21)35(32,33)22-9-10-23(28-16-22)29-20-7-2-1-3-8-20/h1-11,15-16,30H,12-14,17H2,(H,28,29). The number of alkyl halides is 3. The summed E-state index contributed by atoms with van der Waals surface area (Å²) in [6, 6.07) is 17.4. The number of nitrogens with zero attached hydrogens (tertiary/aromatic N) is 2. The zero-order valence-electron chi connectivity index (χ0n) is 18.5. The molecule has 35 heavy (non-hydrogen) atoms. The molecule has 0 spiro atoms. The molecule has 4 rings (SSSR count). The summed E-state index contributed by atoms with van der Waals surface area (Å²) in [6.45, 7) is 0.276. The van der Waals surface area contributed by atoms with Crippen molar-refractivity contribution >= 4 is 21.5 Å². The minimum absolute atomic E-state index is 0.0711. The lowest BCUT2D eigenvalue weighted by Gasteiger charge is -2.26. The predicted molar refractivity (Wildman–Crippen MR) is 125 cm³/mol. The molecule has 0 bridgehead atoms. The molecular weight excluding hydrogens is 481 g/mol. The van der Waals surface area contributed by atoms with Crippen molar-refractivity contribution in [1.29, 1.82) is 0 Å². The van der Waals surface area contributed by atoms with E-state index in [4.69, 9.17) is 4.84 Å². The molecule has 0 aliphatic carbocycles. The average molecular weight is 505 g/mol. The van der Waals surface area contributed by atoms with Gasteiger partial charge in [-0.2, -0.15) is 17.5 Å². The van der Waals surface area contributed by atoms with Crippen molar-refractivity contribution in [2.75, 3.05) is 18.4 Å². The molecule has 0 saturated heterocycles. The third-order valence-electron chi connectivity index (χ3n) is 5.29. The number of hydrogen-bond donors (Lipinski definition) is 2. The van der Waals surface area contributed by atoms with E-state index in [1.54, 1.807) is 12.1 Å². The van der Waals surface area contributed by atoms with Gasteiger partial charge in [-0.15, -0.1) is 0 Å². The summed E-state index contributed by atoms with van der Waals surface area (Å²) in [5.41, 5.74) is 3.83. The predicted octanol–water partition coefficient (Wildman–Crippen LogP) is 4.84. The van der Waals surface area contributed by atoms with Crippen LogP contribution in [-0.2, 0) is 27.6 Å². The highest BCUT2D eigenvalue weighted by molar-refractivity contribution is 7.89. The second-order valence-corrected chi connectivity index (χ2v) is 9.74. The Labute approximate surface area is 201 Å². The average Bonchev–Trinajstić information content (AvgIpc) is 2.85. The van der Waals surface area contributed by atoms with E-state index in [9.17, 15) is 21.6 Å². The van der Waals surface area contributed by atoms with Gasteiger partial charge in [0.2, 0.25) is 10.0 Å². The van der Waals surface area contributed by atoms with Crippen LogP contribution in [0.2, 0.25) is 0 Å². The van der Waals surface area contributed by atoms with Gasteiger partial charge in [0.1, 0.15) is 10.7 Å². The fourth-order valence-electron chi connectivity index (χ4n) is 3.44. The number of hydrogen-bond acceptors (Lipinski definition) is 6. The molecule has 11 heteroatoms. The number of anilines is 2. The number of hydroxylamine groups is 1. The molecule has 1 aliphatic heterocycles. The van der Waals surface area contributed by atoms with Gasteiger partial charge in [0.25, 0.3) is 0 Å². The Hall–Kier alpha value is -3.41. The number of para-hydroxylation sites is 1. The third kappa shape index (κ3) is 6.38. The van der Waals surface area contributed by atoms with E-state index in [2.05, 4.69) is 15.8 Å². The van der Waals surface area contributed by atoms with Crippen molar-refractivity contribution in [3.63, 3.8) is 0 Å². The number of benzene rings is 2. The van der Waals surface area contributed by atoms with Gasteiger partial charge in [0.05, 0.1) is 12.2 Å². The van der Waals surface area contributed by atoms with Crippen molar-refractivity contribution in [3.8, 4) is 0 Å². The highest BCUT2D eigenvalue weighted by atomic mass is 32.2. The topological polar surface area (TPSA) is 83.6 Å². The Balaban J connectivity index is 1.31. The Morgan fingerprint density at radius 1 is 1.03 bits per heavy atom. The van der Waals surface area contributed by atoms with Gasteiger partial charge < -0.3 is 5.32 Å². The van der Waals surface area contributed by atoms with E-state index in [0.717, 1.165) is 17.8 Å². The van der Waals surface area contributed by atoms with Crippen molar-refractivity contribution < 1.29 is 26.4 Å². The minimum Gasteiger partial charge on any atom is -0.340 e. The van der Waals surface area contributed by atoms with Crippen LogP contribution >= 0.6 is 0 Å². The Morgan fingerprint density at radius 2 is 1.83 bits per heavy atom. The number of halogens is 3. The van der Waals surface area contributed by atoms with Gasteiger partial charge in [0, 0.05) is 37.1 Å². The first kappa shape index (κ1) is 24.7. The van der Waals surface area contributed by atoms with Crippen molar-refractivity contribution in [3.05, 3.63) is 95.8 Å². The SMILES string of the molecule is O=S(=O)(c1ccc(Nc2ccccc2)nc1)N1CC=C(NOCc2cccc(C(F)(F)F)c2)CC1. The summed E-state index contributed by atoms with van der Waals surface area (Å²) in [7, 11) is -3.73. The Kier molecular flexibility index (Phi) is 7.39. The van der Waals surface area contributed by atoms with Crippen LogP contribution < -0.4 is 10.8 Å².